The van der Waals surface area contributed by atoms with Gasteiger partial charge in [-0.25, -0.2) is 0 Å². The molecule has 0 saturated carbocycles. The van der Waals surface area contributed by atoms with Crippen LogP contribution in [0.4, 0.5) is 0 Å². The van der Waals surface area contributed by atoms with Crippen molar-refractivity contribution in [3.8, 4) is 0 Å². The van der Waals surface area contributed by atoms with Crippen LogP contribution in [0, 0.1) is 0 Å². The topological polar surface area (TPSA) is 78.9 Å². The van der Waals surface area contributed by atoms with Gasteiger partial charge in [0, 0.05) is 19.3 Å². The van der Waals surface area contributed by atoms with Gasteiger partial charge in [-0.2, -0.15) is 0 Å². The molecule has 0 aromatic carbocycles. The van der Waals surface area contributed by atoms with E-state index in [2.05, 4.69) is 26.8 Å². The molecule has 0 amide bonds. The third-order valence-corrected chi connectivity index (χ3v) is 10.7. The molecule has 1 unspecified atom stereocenters. The Labute approximate surface area is 364 Å². The Hall–Kier alpha value is -2.89. The lowest BCUT2D eigenvalue weighted by atomic mass is 10.0. The molecule has 0 radical (unpaired) electrons. The van der Waals surface area contributed by atoms with Crippen LogP contribution >= 0.6 is 0 Å². The maximum absolute atomic E-state index is 12.7. The standard InChI is InChI=1S/C53H92O6/c1-4-7-10-13-16-19-22-25-26-27-29-31-34-37-40-43-46-52(55)58-49-50(48-57-51(54)45-42-39-36-33-30-24-21-18-15-12-9-6-3)59-53(56)47-44-41-38-35-32-28-23-20-17-14-11-8-5-2/h8,11,14,17,20,23,28,32,35,38,50H,4-7,9-10,12-13,15-16,18-19,21-22,24-27,29-31,33-34,36-37,39-49H2,1-3H3/b11-8-,17-14-,23-20-,32-28-,38-35-. The molecule has 1 atom stereocenters. The molecule has 0 rings (SSSR count). The molecule has 6 heteroatoms. The van der Waals surface area contributed by atoms with E-state index in [9.17, 15) is 14.4 Å². The summed E-state index contributed by atoms with van der Waals surface area (Å²) in [6, 6.07) is 0. The minimum absolute atomic E-state index is 0.0996. The molecule has 0 aromatic rings. The highest BCUT2D eigenvalue weighted by atomic mass is 16.6. The molecule has 0 heterocycles. The van der Waals surface area contributed by atoms with Gasteiger partial charge < -0.3 is 14.2 Å². The third-order valence-electron chi connectivity index (χ3n) is 10.7. The predicted molar refractivity (Wildman–Crippen MR) is 251 cm³/mol. The third kappa shape index (κ3) is 46.0. The summed E-state index contributed by atoms with van der Waals surface area (Å²) in [7, 11) is 0. The summed E-state index contributed by atoms with van der Waals surface area (Å²) in [6.07, 6.45) is 57.8. The summed E-state index contributed by atoms with van der Waals surface area (Å²) in [4.78, 5) is 37.8. The van der Waals surface area contributed by atoms with Crippen molar-refractivity contribution in [1.82, 2.24) is 0 Å². The van der Waals surface area contributed by atoms with E-state index >= 15 is 0 Å². The van der Waals surface area contributed by atoms with E-state index in [-0.39, 0.29) is 37.5 Å². The minimum Gasteiger partial charge on any atom is -0.462 e. The van der Waals surface area contributed by atoms with Gasteiger partial charge in [-0.05, 0) is 32.1 Å². The average molecular weight is 825 g/mol. The molecule has 0 spiro atoms. The van der Waals surface area contributed by atoms with E-state index < -0.39 is 6.10 Å². The highest BCUT2D eigenvalue weighted by Crippen LogP contribution is 2.16. The predicted octanol–water partition coefficient (Wildman–Crippen LogP) is 16.1. The largest absolute Gasteiger partial charge is 0.462 e. The fourth-order valence-electron chi connectivity index (χ4n) is 6.94. The SMILES string of the molecule is CC\C=C/C=C\C=C/C=C\C=C/CCCC(=O)OC(COC(=O)CCCCCCCCCCCCCC)COC(=O)CCCCCCCCCCCCCCCCCC. The van der Waals surface area contributed by atoms with E-state index in [0.717, 1.165) is 51.4 Å². The van der Waals surface area contributed by atoms with E-state index in [4.69, 9.17) is 14.2 Å². The van der Waals surface area contributed by atoms with Crippen LogP contribution < -0.4 is 0 Å². The van der Waals surface area contributed by atoms with Gasteiger partial charge in [0.1, 0.15) is 13.2 Å². The summed E-state index contributed by atoms with van der Waals surface area (Å²) >= 11 is 0. The van der Waals surface area contributed by atoms with E-state index in [0.29, 0.717) is 19.3 Å². The lowest BCUT2D eigenvalue weighted by Crippen LogP contribution is -2.30. The second kappa shape index (κ2) is 47.8. The molecule has 0 aromatic heterocycles. The monoisotopic (exact) mass is 825 g/mol. The molecule has 0 aliphatic rings. The fourth-order valence-corrected chi connectivity index (χ4v) is 6.94. The Morgan fingerprint density at radius 2 is 0.661 bits per heavy atom. The van der Waals surface area contributed by atoms with Gasteiger partial charge >= 0.3 is 17.9 Å². The highest BCUT2D eigenvalue weighted by molar-refractivity contribution is 5.71. The maximum atomic E-state index is 12.7. The quantitative estimate of drug-likeness (QED) is 0.0263. The lowest BCUT2D eigenvalue weighted by Gasteiger charge is -2.18. The van der Waals surface area contributed by atoms with Crippen LogP contribution in [-0.4, -0.2) is 37.2 Å². The molecule has 0 aliphatic carbocycles. The van der Waals surface area contributed by atoms with Gasteiger partial charge in [0.05, 0.1) is 0 Å². The molecule has 0 aliphatic heterocycles. The Kier molecular flexibility index (Phi) is 45.4. The van der Waals surface area contributed by atoms with Gasteiger partial charge in [0.25, 0.3) is 0 Å². The van der Waals surface area contributed by atoms with Gasteiger partial charge in [0.2, 0.25) is 0 Å². The van der Waals surface area contributed by atoms with Crippen molar-refractivity contribution in [2.45, 2.75) is 245 Å². The Bertz CT molecular complexity index is 1090. The molecule has 0 fully saturated rings. The Morgan fingerprint density at radius 3 is 1.02 bits per heavy atom. The van der Waals surface area contributed by atoms with E-state index in [1.54, 1.807) is 0 Å². The lowest BCUT2D eigenvalue weighted by molar-refractivity contribution is -0.167. The van der Waals surface area contributed by atoms with Crippen molar-refractivity contribution in [3.05, 3.63) is 60.8 Å². The van der Waals surface area contributed by atoms with Crippen molar-refractivity contribution < 1.29 is 28.6 Å². The first-order chi connectivity index (χ1) is 29.0. The van der Waals surface area contributed by atoms with E-state index in [1.165, 1.54) is 141 Å². The number of esters is 3. The van der Waals surface area contributed by atoms with Crippen LogP contribution in [0.5, 0.6) is 0 Å². The maximum Gasteiger partial charge on any atom is 0.306 e. The zero-order valence-corrected chi connectivity index (χ0v) is 38.8. The summed E-state index contributed by atoms with van der Waals surface area (Å²) in [5, 5.41) is 0. The van der Waals surface area contributed by atoms with Crippen LogP contribution in [0.3, 0.4) is 0 Å². The summed E-state index contributed by atoms with van der Waals surface area (Å²) in [5.74, 6) is -0.969. The number of carbonyl (C=O) groups excluding carboxylic acids is 3. The van der Waals surface area contributed by atoms with Crippen LogP contribution in [0.1, 0.15) is 239 Å². The number of rotatable bonds is 44. The van der Waals surface area contributed by atoms with Crippen molar-refractivity contribution in [2.24, 2.45) is 0 Å². The molecule has 0 saturated heterocycles. The highest BCUT2D eigenvalue weighted by Gasteiger charge is 2.19. The molecule has 0 bridgehead atoms. The van der Waals surface area contributed by atoms with E-state index in [1.807, 2.05) is 54.7 Å². The van der Waals surface area contributed by atoms with Gasteiger partial charge in [-0.15, -0.1) is 0 Å². The average Bonchev–Trinajstić information content (AvgIpc) is 3.23. The number of carbonyl (C=O) groups is 3. The van der Waals surface area contributed by atoms with Crippen molar-refractivity contribution in [2.75, 3.05) is 13.2 Å². The zero-order valence-electron chi connectivity index (χ0n) is 38.8. The molecule has 340 valence electrons. The number of allylic oxidation sites excluding steroid dienone is 10. The van der Waals surface area contributed by atoms with Crippen LogP contribution in [0.2, 0.25) is 0 Å². The normalized spacial score (nSPS) is 12.5. The second-order valence-electron chi connectivity index (χ2n) is 16.5. The Balaban J connectivity index is 4.43. The van der Waals surface area contributed by atoms with Crippen molar-refractivity contribution in [3.63, 3.8) is 0 Å². The smallest absolute Gasteiger partial charge is 0.306 e. The van der Waals surface area contributed by atoms with Crippen LogP contribution in [0.25, 0.3) is 0 Å². The molecular formula is C53H92O6. The van der Waals surface area contributed by atoms with Crippen molar-refractivity contribution >= 4 is 17.9 Å². The zero-order chi connectivity index (χ0) is 43.0. The molecular weight excluding hydrogens is 733 g/mol. The van der Waals surface area contributed by atoms with Gasteiger partial charge in [-0.1, -0.05) is 248 Å². The first kappa shape index (κ1) is 56.1. The summed E-state index contributed by atoms with van der Waals surface area (Å²) in [5.41, 5.74) is 0. The molecule has 0 N–H and O–H groups in total. The molecule has 6 nitrogen and oxygen atoms in total. The Morgan fingerprint density at radius 1 is 0.356 bits per heavy atom. The summed E-state index contributed by atoms with van der Waals surface area (Å²) < 4.78 is 16.7. The number of ether oxygens (including phenoxy) is 3. The number of hydrogen-bond acceptors (Lipinski definition) is 6. The van der Waals surface area contributed by atoms with Crippen LogP contribution in [-0.2, 0) is 28.6 Å². The second-order valence-corrected chi connectivity index (χ2v) is 16.5. The first-order valence-corrected chi connectivity index (χ1v) is 24.9. The van der Waals surface area contributed by atoms with Crippen LogP contribution in [0.15, 0.2) is 60.8 Å². The minimum atomic E-state index is -0.806. The fraction of sp³-hybridized carbons (Fsp3) is 0.755. The first-order valence-electron chi connectivity index (χ1n) is 24.9. The number of hydrogen-bond donors (Lipinski definition) is 0. The molecule has 59 heavy (non-hydrogen) atoms. The number of unbranched alkanes of at least 4 members (excludes halogenated alkanes) is 27. The van der Waals surface area contributed by atoms with Crippen molar-refractivity contribution in [1.29, 1.82) is 0 Å². The van der Waals surface area contributed by atoms with Gasteiger partial charge in [0.15, 0.2) is 6.10 Å². The summed E-state index contributed by atoms with van der Waals surface area (Å²) in [6.45, 7) is 6.44. The van der Waals surface area contributed by atoms with Gasteiger partial charge in [-0.3, -0.25) is 14.4 Å².